The van der Waals surface area contributed by atoms with Gasteiger partial charge in [-0.25, -0.2) is 19.4 Å². The number of amides is 1. The number of fused-ring (bicyclic) bond motifs is 1. The van der Waals surface area contributed by atoms with E-state index in [0.717, 1.165) is 19.3 Å². The second-order valence-electron chi connectivity index (χ2n) is 11.5. The van der Waals surface area contributed by atoms with E-state index in [1.54, 1.807) is 31.2 Å². The standard InChI is InChI=1S/C36H49N3O8/c1-5-7-8-9-10-11-12-13-14-15-16-19-24-46-34(41)26-22-23-29(44-4)30(25-26)47-36(43)38-31(35(42)45-6-2)32-37-28-21-18-17-20-27(28)33(40)39(32)3/h17-18,20-23,25,31H,5-16,19,24H2,1-4H3,(H,38,43). The van der Waals surface area contributed by atoms with Crippen LogP contribution in [-0.4, -0.2) is 47.9 Å². The minimum atomic E-state index is -1.46. The van der Waals surface area contributed by atoms with Crippen molar-refractivity contribution in [2.45, 2.75) is 96.9 Å². The molecule has 1 aromatic heterocycles. The number of nitrogens with one attached hydrogen (secondary N) is 1. The number of para-hydroxylation sites is 1. The molecule has 0 fully saturated rings. The molecule has 47 heavy (non-hydrogen) atoms. The monoisotopic (exact) mass is 651 g/mol. The molecule has 1 amide bonds. The fourth-order valence-corrected chi connectivity index (χ4v) is 5.27. The van der Waals surface area contributed by atoms with E-state index in [9.17, 15) is 19.2 Å². The van der Waals surface area contributed by atoms with Crippen molar-refractivity contribution in [1.82, 2.24) is 14.9 Å². The Bertz CT molecular complexity index is 1520. The molecule has 2 aromatic carbocycles. The van der Waals surface area contributed by atoms with Gasteiger partial charge in [0.25, 0.3) is 5.56 Å². The van der Waals surface area contributed by atoms with Crippen LogP contribution in [0.4, 0.5) is 4.79 Å². The van der Waals surface area contributed by atoms with Crippen molar-refractivity contribution in [3.63, 3.8) is 0 Å². The maximum absolute atomic E-state index is 13.1. The summed E-state index contributed by atoms with van der Waals surface area (Å²) < 4.78 is 22.6. The van der Waals surface area contributed by atoms with Crippen LogP contribution in [-0.2, 0) is 21.3 Å². The Morgan fingerprint density at radius 1 is 0.830 bits per heavy atom. The van der Waals surface area contributed by atoms with Crippen molar-refractivity contribution in [2.75, 3.05) is 20.3 Å². The molecular formula is C36H49N3O8. The maximum atomic E-state index is 13.1. The summed E-state index contributed by atoms with van der Waals surface area (Å²) in [5.74, 6) is -1.30. The molecule has 11 heteroatoms. The fraction of sp³-hybridized carbons (Fsp3) is 0.528. The van der Waals surface area contributed by atoms with Crippen LogP contribution in [0.15, 0.2) is 47.3 Å². The van der Waals surface area contributed by atoms with Crippen LogP contribution in [0.2, 0.25) is 0 Å². The zero-order valence-electron chi connectivity index (χ0n) is 28.2. The molecular weight excluding hydrogens is 602 g/mol. The molecule has 0 spiro atoms. The van der Waals surface area contributed by atoms with Crippen LogP contribution in [0.5, 0.6) is 11.5 Å². The third-order valence-electron chi connectivity index (χ3n) is 7.89. The highest BCUT2D eigenvalue weighted by Gasteiger charge is 2.30. The second kappa shape index (κ2) is 20.0. The van der Waals surface area contributed by atoms with E-state index in [1.807, 2.05) is 0 Å². The molecule has 1 N–H and O–H groups in total. The maximum Gasteiger partial charge on any atom is 0.413 e. The summed E-state index contributed by atoms with van der Waals surface area (Å²) in [6.07, 6.45) is 13.5. The Balaban J connectivity index is 1.56. The summed E-state index contributed by atoms with van der Waals surface area (Å²) in [5.41, 5.74) is 0.131. The second-order valence-corrected chi connectivity index (χ2v) is 11.5. The average Bonchev–Trinajstić information content (AvgIpc) is 3.07. The van der Waals surface area contributed by atoms with E-state index in [1.165, 1.54) is 94.7 Å². The van der Waals surface area contributed by atoms with Crippen LogP contribution >= 0.6 is 0 Å². The number of nitrogens with zero attached hydrogens (tertiary/aromatic N) is 2. The Labute approximate surface area is 276 Å². The van der Waals surface area contributed by atoms with Crippen LogP contribution in [0.3, 0.4) is 0 Å². The van der Waals surface area contributed by atoms with Gasteiger partial charge in [-0.3, -0.25) is 9.36 Å². The van der Waals surface area contributed by atoms with Crippen molar-refractivity contribution in [3.05, 3.63) is 64.2 Å². The summed E-state index contributed by atoms with van der Waals surface area (Å²) in [6, 6.07) is 9.56. The van der Waals surface area contributed by atoms with E-state index in [0.29, 0.717) is 10.9 Å². The van der Waals surface area contributed by atoms with Crippen LogP contribution in [0, 0.1) is 0 Å². The van der Waals surface area contributed by atoms with E-state index in [4.69, 9.17) is 18.9 Å². The number of carbonyl (C=O) groups is 3. The highest BCUT2D eigenvalue weighted by molar-refractivity contribution is 5.91. The average molecular weight is 652 g/mol. The molecule has 1 heterocycles. The molecule has 0 aliphatic carbocycles. The first-order chi connectivity index (χ1) is 22.8. The first-order valence-corrected chi connectivity index (χ1v) is 16.8. The number of unbranched alkanes of at least 4 members (excludes halogenated alkanes) is 11. The van der Waals surface area contributed by atoms with E-state index >= 15 is 0 Å². The van der Waals surface area contributed by atoms with Crippen LogP contribution < -0.4 is 20.3 Å². The van der Waals surface area contributed by atoms with Gasteiger partial charge in [0.1, 0.15) is 5.82 Å². The molecule has 3 aromatic rings. The Hall–Kier alpha value is -4.41. The van der Waals surface area contributed by atoms with Gasteiger partial charge >= 0.3 is 18.0 Å². The largest absolute Gasteiger partial charge is 0.493 e. The summed E-state index contributed by atoms with van der Waals surface area (Å²) in [5, 5.41) is 2.81. The number of rotatable bonds is 20. The lowest BCUT2D eigenvalue weighted by Crippen LogP contribution is -2.40. The highest BCUT2D eigenvalue weighted by Crippen LogP contribution is 2.29. The number of hydrogen-bond donors (Lipinski definition) is 1. The molecule has 0 saturated heterocycles. The lowest BCUT2D eigenvalue weighted by molar-refractivity contribution is -0.145. The van der Waals surface area contributed by atoms with Gasteiger partial charge in [0.2, 0.25) is 0 Å². The first-order valence-electron chi connectivity index (χ1n) is 16.8. The lowest BCUT2D eigenvalue weighted by atomic mass is 10.1. The van der Waals surface area contributed by atoms with Crippen molar-refractivity contribution >= 4 is 28.9 Å². The van der Waals surface area contributed by atoms with Gasteiger partial charge in [0.15, 0.2) is 17.5 Å². The number of carbonyl (C=O) groups excluding carboxylic acids is 3. The number of hydrogen-bond acceptors (Lipinski definition) is 9. The molecule has 3 rings (SSSR count). The SMILES string of the molecule is CCCCCCCCCCCCCCOC(=O)c1ccc(OC)c(OC(=O)NC(C(=O)OCC)c2nc3ccccc3c(=O)n2C)c1. The lowest BCUT2D eigenvalue weighted by Gasteiger charge is -2.20. The molecule has 0 radical (unpaired) electrons. The number of methoxy groups -OCH3 is 1. The zero-order valence-corrected chi connectivity index (χ0v) is 28.2. The molecule has 0 saturated carbocycles. The van der Waals surface area contributed by atoms with Gasteiger partial charge in [-0.1, -0.05) is 89.7 Å². The number of benzene rings is 2. The predicted octanol–water partition coefficient (Wildman–Crippen LogP) is 7.19. The van der Waals surface area contributed by atoms with Gasteiger partial charge in [0, 0.05) is 7.05 Å². The highest BCUT2D eigenvalue weighted by atomic mass is 16.6. The Morgan fingerprint density at radius 3 is 2.11 bits per heavy atom. The predicted molar refractivity (Wildman–Crippen MR) is 180 cm³/mol. The Morgan fingerprint density at radius 2 is 1.47 bits per heavy atom. The number of esters is 2. The van der Waals surface area contributed by atoms with Gasteiger partial charge < -0.3 is 24.3 Å². The molecule has 0 aliphatic heterocycles. The quantitative estimate of drug-likeness (QED) is 0.0994. The molecule has 256 valence electrons. The van der Waals surface area contributed by atoms with Crippen LogP contribution in [0.1, 0.15) is 113 Å². The molecule has 11 nitrogen and oxygen atoms in total. The van der Waals surface area contributed by atoms with E-state index in [-0.39, 0.29) is 36.1 Å². The molecule has 0 bridgehead atoms. The van der Waals surface area contributed by atoms with Crippen molar-refractivity contribution in [2.24, 2.45) is 7.05 Å². The number of aromatic nitrogens is 2. The summed E-state index contributed by atoms with van der Waals surface area (Å²) in [4.78, 5) is 56.2. The van der Waals surface area contributed by atoms with Crippen LogP contribution in [0.25, 0.3) is 10.9 Å². The molecule has 1 atom stereocenters. The third kappa shape index (κ3) is 11.4. The molecule has 0 aliphatic rings. The van der Waals surface area contributed by atoms with Gasteiger partial charge in [-0.15, -0.1) is 0 Å². The van der Waals surface area contributed by atoms with E-state index < -0.39 is 29.6 Å². The first kappa shape index (κ1) is 37.1. The minimum Gasteiger partial charge on any atom is -0.493 e. The minimum absolute atomic E-state index is 0.0326. The van der Waals surface area contributed by atoms with E-state index in [2.05, 4.69) is 17.2 Å². The summed E-state index contributed by atoms with van der Waals surface area (Å²) in [7, 11) is 2.84. The van der Waals surface area contributed by atoms with Crippen molar-refractivity contribution < 1.29 is 33.3 Å². The van der Waals surface area contributed by atoms with Crippen molar-refractivity contribution in [1.29, 1.82) is 0 Å². The number of ether oxygens (including phenoxy) is 4. The summed E-state index contributed by atoms with van der Waals surface area (Å²) in [6.45, 7) is 4.18. The molecule has 1 unspecified atom stereocenters. The third-order valence-corrected chi connectivity index (χ3v) is 7.89. The fourth-order valence-electron chi connectivity index (χ4n) is 5.27. The van der Waals surface area contributed by atoms with Crippen molar-refractivity contribution in [3.8, 4) is 11.5 Å². The summed E-state index contributed by atoms with van der Waals surface area (Å²) >= 11 is 0. The topological polar surface area (TPSA) is 135 Å². The zero-order chi connectivity index (χ0) is 34.0. The smallest absolute Gasteiger partial charge is 0.413 e. The van der Waals surface area contributed by atoms with Gasteiger partial charge in [0.05, 0.1) is 36.8 Å². The normalized spacial score (nSPS) is 11.6. The van der Waals surface area contributed by atoms with Gasteiger partial charge in [-0.05, 0) is 43.7 Å². The van der Waals surface area contributed by atoms with Gasteiger partial charge in [-0.2, -0.15) is 0 Å². The Kier molecular flexibility index (Phi) is 15.7.